The van der Waals surface area contributed by atoms with E-state index >= 15 is 0 Å². The van der Waals surface area contributed by atoms with Gasteiger partial charge < -0.3 is 14.1 Å². The van der Waals surface area contributed by atoms with E-state index in [2.05, 4.69) is 19.1 Å². The molecule has 1 aromatic carbocycles. The Morgan fingerprint density at radius 3 is 2.35 bits per heavy atom. The number of benzene rings is 1. The Morgan fingerprint density at radius 2 is 1.77 bits per heavy atom. The minimum atomic E-state index is -0.485. The van der Waals surface area contributed by atoms with Gasteiger partial charge in [-0.25, -0.2) is 0 Å². The zero-order chi connectivity index (χ0) is 22.8. The second-order valence-electron chi connectivity index (χ2n) is 7.92. The third-order valence-electron chi connectivity index (χ3n) is 5.61. The molecule has 0 unspecified atom stereocenters. The molecule has 0 aliphatic rings. The Morgan fingerprint density at radius 1 is 1.06 bits per heavy atom. The van der Waals surface area contributed by atoms with E-state index in [4.69, 9.17) is 9.15 Å². The summed E-state index contributed by atoms with van der Waals surface area (Å²) >= 11 is 0. The third-order valence-corrected chi connectivity index (χ3v) is 5.61. The molecule has 0 bridgehead atoms. The van der Waals surface area contributed by atoms with Gasteiger partial charge in [0, 0.05) is 12.6 Å². The van der Waals surface area contributed by atoms with Crippen LogP contribution in [0.1, 0.15) is 51.2 Å². The molecule has 0 spiro atoms. The van der Waals surface area contributed by atoms with Crippen LogP contribution in [0.4, 0.5) is 0 Å². The van der Waals surface area contributed by atoms with Gasteiger partial charge >= 0.3 is 5.97 Å². The summed E-state index contributed by atoms with van der Waals surface area (Å²) < 4.78 is 10.9. The lowest BCUT2D eigenvalue weighted by Crippen LogP contribution is -2.50. The predicted molar refractivity (Wildman–Crippen MR) is 122 cm³/mol. The molecule has 6 nitrogen and oxygen atoms in total. The highest BCUT2D eigenvalue weighted by molar-refractivity contribution is 5.80. The van der Waals surface area contributed by atoms with Crippen molar-refractivity contribution in [3.05, 3.63) is 59.5 Å². The number of furan rings is 1. The summed E-state index contributed by atoms with van der Waals surface area (Å²) in [5.41, 5.74) is 1.18. The van der Waals surface area contributed by atoms with Crippen LogP contribution in [0.3, 0.4) is 0 Å². The van der Waals surface area contributed by atoms with E-state index in [0.29, 0.717) is 19.7 Å². The number of aryl methyl sites for hydroxylation is 1. The number of nitrogens with zero attached hydrogens (tertiary/aromatic N) is 2. The zero-order valence-corrected chi connectivity index (χ0v) is 19.5. The maximum absolute atomic E-state index is 13.4. The van der Waals surface area contributed by atoms with Crippen LogP contribution in [0.2, 0.25) is 0 Å². The smallest absolute Gasteiger partial charge is 0.323 e. The maximum atomic E-state index is 13.4. The van der Waals surface area contributed by atoms with Gasteiger partial charge in [-0.3, -0.25) is 14.5 Å². The molecule has 170 valence electrons. The van der Waals surface area contributed by atoms with Crippen molar-refractivity contribution in [2.75, 3.05) is 19.7 Å². The lowest BCUT2D eigenvalue weighted by atomic mass is 10.1. The molecule has 1 amide bonds. The highest BCUT2D eigenvalue weighted by Gasteiger charge is 2.29. The van der Waals surface area contributed by atoms with Crippen molar-refractivity contribution in [2.24, 2.45) is 0 Å². The summed E-state index contributed by atoms with van der Waals surface area (Å²) in [7, 11) is 0. The van der Waals surface area contributed by atoms with E-state index in [1.165, 1.54) is 5.56 Å². The van der Waals surface area contributed by atoms with Gasteiger partial charge in [-0.05, 0) is 58.2 Å². The molecule has 2 atom stereocenters. The molecular weight excluding hydrogens is 392 g/mol. The van der Waals surface area contributed by atoms with Crippen LogP contribution >= 0.6 is 0 Å². The summed E-state index contributed by atoms with van der Waals surface area (Å²) in [5.74, 6) is 1.25. The molecule has 0 N–H and O–H groups in total. The first kappa shape index (κ1) is 24.7. The lowest BCUT2D eigenvalue weighted by molar-refractivity contribution is -0.151. The minimum Gasteiger partial charge on any atom is -0.465 e. The van der Waals surface area contributed by atoms with E-state index in [-0.39, 0.29) is 24.5 Å². The van der Waals surface area contributed by atoms with Crippen LogP contribution in [-0.2, 0) is 27.3 Å². The molecule has 2 rings (SSSR count). The van der Waals surface area contributed by atoms with Gasteiger partial charge in [-0.15, -0.1) is 0 Å². The van der Waals surface area contributed by atoms with Gasteiger partial charge in [0.25, 0.3) is 0 Å². The van der Waals surface area contributed by atoms with Crippen LogP contribution in [0, 0.1) is 6.92 Å². The summed E-state index contributed by atoms with van der Waals surface area (Å²) in [6.07, 6.45) is 1.58. The molecule has 0 radical (unpaired) electrons. The van der Waals surface area contributed by atoms with Crippen LogP contribution < -0.4 is 0 Å². The Kier molecular flexibility index (Phi) is 9.79. The molecule has 1 heterocycles. The highest BCUT2D eigenvalue weighted by Crippen LogP contribution is 2.15. The first-order valence-electron chi connectivity index (χ1n) is 11.1. The van der Waals surface area contributed by atoms with Crippen molar-refractivity contribution in [2.45, 2.75) is 66.1 Å². The molecular formula is C25H36N2O4. The molecule has 6 heteroatoms. The quantitative estimate of drug-likeness (QED) is 0.474. The summed E-state index contributed by atoms with van der Waals surface area (Å²) in [6.45, 7) is 11.0. The molecule has 0 fully saturated rings. The van der Waals surface area contributed by atoms with E-state index < -0.39 is 6.04 Å². The predicted octanol–water partition coefficient (Wildman–Crippen LogP) is 4.21. The van der Waals surface area contributed by atoms with Crippen molar-refractivity contribution >= 4 is 11.9 Å². The number of hydrogen-bond acceptors (Lipinski definition) is 5. The van der Waals surface area contributed by atoms with Crippen LogP contribution in [0.25, 0.3) is 0 Å². The third kappa shape index (κ3) is 7.55. The number of ether oxygens (including phenoxy) is 1. The Balaban J connectivity index is 2.16. The standard InChI is InChI=1S/C25H36N2O4/c1-6-19(3)27(21(5)25(29)30-7-2)18-24(28)26(17-23-14-13-20(4)31-23)16-15-22-11-9-8-10-12-22/h8-14,19,21H,6-7,15-18H2,1-5H3/t19-,21+/m0/s1. The van der Waals surface area contributed by atoms with E-state index in [1.54, 1.807) is 6.92 Å². The summed E-state index contributed by atoms with van der Waals surface area (Å²) in [4.78, 5) is 29.5. The number of carbonyl (C=O) groups excluding carboxylic acids is 2. The average molecular weight is 429 g/mol. The van der Waals surface area contributed by atoms with Gasteiger partial charge in [-0.1, -0.05) is 37.3 Å². The van der Waals surface area contributed by atoms with E-state index in [1.807, 2.05) is 60.9 Å². The summed E-state index contributed by atoms with van der Waals surface area (Å²) in [6, 6.07) is 13.5. The Hall–Kier alpha value is -2.60. The second-order valence-corrected chi connectivity index (χ2v) is 7.92. The fraction of sp³-hybridized carbons (Fsp3) is 0.520. The number of carbonyl (C=O) groups is 2. The Labute approximate surface area is 186 Å². The number of rotatable bonds is 12. The fourth-order valence-corrected chi connectivity index (χ4v) is 3.52. The number of amides is 1. The number of esters is 1. The molecule has 1 aromatic heterocycles. The normalized spacial score (nSPS) is 13.1. The number of hydrogen-bond donors (Lipinski definition) is 0. The lowest BCUT2D eigenvalue weighted by Gasteiger charge is -2.34. The van der Waals surface area contributed by atoms with E-state index in [0.717, 1.165) is 24.4 Å². The van der Waals surface area contributed by atoms with Crippen molar-refractivity contribution in [1.82, 2.24) is 9.80 Å². The van der Waals surface area contributed by atoms with Crippen LogP contribution in [0.15, 0.2) is 46.9 Å². The first-order chi connectivity index (χ1) is 14.8. The van der Waals surface area contributed by atoms with Crippen molar-refractivity contribution in [3.63, 3.8) is 0 Å². The Bertz CT molecular complexity index is 818. The molecule has 0 aliphatic carbocycles. The minimum absolute atomic E-state index is 0.0265. The van der Waals surface area contributed by atoms with Gasteiger partial charge in [0.05, 0.1) is 19.7 Å². The SMILES string of the molecule is CCOC(=O)[C@@H](C)N(CC(=O)N(CCc1ccccc1)Cc1ccc(C)o1)[C@@H](C)CC. The molecule has 0 saturated heterocycles. The van der Waals surface area contributed by atoms with Crippen LogP contribution in [-0.4, -0.2) is 53.5 Å². The van der Waals surface area contributed by atoms with Crippen molar-refractivity contribution < 1.29 is 18.7 Å². The molecule has 0 aliphatic heterocycles. The fourth-order valence-electron chi connectivity index (χ4n) is 3.52. The van der Waals surface area contributed by atoms with Gasteiger partial charge in [0.1, 0.15) is 17.6 Å². The molecule has 2 aromatic rings. The van der Waals surface area contributed by atoms with Gasteiger partial charge in [0.2, 0.25) is 5.91 Å². The highest BCUT2D eigenvalue weighted by atomic mass is 16.5. The van der Waals surface area contributed by atoms with Crippen molar-refractivity contribution in [3.8, 4) is 0 Å². The summed E-state index contributed by atoms with van der Waals surface area (Å²) in [5, 5.41) is 0. The monoisotopic (exact) mass is 428 g/mol. The first-order valence-corrected chi connectivity index (χ1v) is 11.1. The second kappa shape index (κ2) is 12.3. The topological polar surface area (TPSA) is 63.0 Å². The average Bonchev–Trinajstić information content (AvgIpc) is 3.19. The maximum Gasteiger partial charge on any atom is 0.323 e. The van der Waals surface area contributed by atoms with E-state index in [9.17, 15) is 9.59 Å². The van der Waals surface area contributed by atoms with Crippen molar-refractivity contribution in [1.29, 1.82) is 0 Å². The molecule has 31 heavy (non-hydrogen) atoms. The van der Waals surface area contributed by atoms with Gasteiger partial charge in [0.15, 0.2) is 0 Å². The zero-order valence-electron chi connectivity index (χ0n) is 19.5. The van der Waals surface area contributed by atoms with Gasteiger partial charge in [-0.2, -0.15) is 0 Å². The van der Waals surface area contributed by atoms with Crippen LogP contribution in [0.5, 0.6) is 0 Å². The molecule has 0 saturated carbocycles. The largest absolute Gasteiger partial charge is 0.465 e.